The maximum absolute atomic E-state index is 12.3. The number of carbonyl (C=O) groups excluding carboxylic acids is 4. The first-order valence-electron chi connectivity index (χ1n) is 8.86. The minimum absolute atomic E-state index is 0.133. The van der Waals surface area contributed by atoms with Gasteiger partial charge in [0.25, 0.3) is 11.8 Å². The van der Waals surface area contributed by atoms with Crippen LogP contribution < -0.4 is 10.6 Å². The molecule has 0 radical (unpaired) electrons. The van der Waals surface area contributed by atoms with Gasteiger partial charge in [-0.1, -0.05) is 23.7 Å². The van der Waals surface area contributed by atoms with Gasteiger partial charge in [-0.05, 0) is 57.2 Å². The number of hydrogen-bond acceptors (Lipinski definition) is 5. The van der Waals surface area contributed by atoms with E-state index in [0.29, 0.717) is 21.8 Å². The van der Waals surface area contributed by atoms with Gasteiger partial charge in [-0.25, -0.2) is 4.79 Å². The van der Waals surface area contributed by atoms with Crippen molar-refractivity contribution in [1.82, 2.24) is 5.32 Å². The van der Waals surface area contributed by atoms with Crippen LogP contribution in [0.5, 0.6) is 0 Å². The summed E-state index contributed by atoms with van der Waals surface area (Å²) in [5.74, 6) is -1.92. The molecule has 2 atom stereocenters. The number of esters is 1. The fourth-order valence-electron chi connectivity index (χ4n) is 2.33. The number of amides is 2. The average molecular weight is 417 g/mol. The van der Waals surface area contributed by atoms with Gasteiger partial charge >= 0.3 is 5.97 Å². The third-order valence-electron chi connectivity index (χ3n) is 4.01. The molecule has 2 amide bonds. The Morgan fingerprint density at radius 3 is 2.24 bits per heavy atom. The standard InChI is InChI=1S/C21H21ClN2O5/c1-12(23-20(27)15-7-9-17(22)10-8-15)21(28)29-14(3)19(26)24-18-6-4-5-16(11-18)13(2)25/h4-12,14H,1-3H3,(H,23,27)(H,24,26)/t12-,14+/m0/s1. The lowest BCUT2D eigenvalue weighted by atomic mass is 10.1. The molecule has 0 unspecified atom stereocenters. The zero-order chi connectivity index (χ0) is 21.6. The highest BCUT2D eigenvalue weighted by molar-refractivity contribution is 6.30. The predicted octanol–water partition coefficient (Wildman–Crippen LogP) is 3.23. The van der Waals surface area contributed by atoms with Crippen LogP contribution in [0.3, 0.4) is 0 Å². The number of carbonyl (C=O) groups is 4. The van der Waals surface area contributed by atoms with E-state index in [9.17, 15) is 19.2 Å². The molecule has 0 heterocycles. The topological polar surface area (TPSA) is 102 Å². The summed E-state index contributed by atoms with van der Waals surface area (Å²) in [5, 5.41) is 5.58. The minimum Gasteiger partial charge on any atom is -0.451 e. The molecule has 0 aromatic heterocycles. The van der Waals surface area contributed by atoms with Crippen molar-refractivity contribution in [3.8, 4) is 0 Å². The lowest BCUT2D eigenvalue weighted by Gasteiger charge is -2.18. The molecule has 0 aliphatic rings. The molecule has 2 aromatic carbocycles. The van der Waals surface area contributed by atoms with E-state index in [0.717, 1.165) is 0 Å². The predicted molar refractivity (Wildman–Crippen MR) is 109 cm³/mol. The molecule has 29 heavy (non-hydrogen) atoms. The molecule has 2 N–H and O–H groups in total. The molecule has 2 aromatic rings. The second-order valence-corrected chi connectivity index (χ2v) is 6.84. The van der Waals surface area contributed by atoms with Crippen LogP contribution in [0.25, 0.3) is 0 Å². The number of ether oxygens (including phenoxy) is 1. The van der Waals surface area contributed by atoms with Crippen molar-refractivity contribution in [2.24, 2.45) is 0 Å². The van der Waals surface area contributed by atoms with Gasteiger partial charge in [0, 0.05) is 21.8 Å². The average Bonchev–Trinajstić information content (AvgIpc) is 2.68. The highest BCUT2D eigenvalue weighted by Gasteiger charge is 2.23. The molecule has 0 spiro atoms. The van der Waals surface area contributed by atoms with E-state index in [-0.39, 0.29) is 5.78 Å². The summed E-state index contributed by atoms with van der Waals surface area (Å²) >= 11 is 5.78. The first kappa shape index (κ1) is 22.1. The molecule has 0 fully saturated rings. The Hall–Kier alpha value is -3.19. The van der Waals surface area contributed by atoms with Crippen LogP contribution >= 0.6 is 11.6 Å². The van der Waals surface area contributed by atoms with Crippen LogP contribution in [0.2, 0.25) is 5.02 Å². The lowest BCUT2D eigenvalue weighted by molar-refractivity contribution is -0.154. The van der Waals surface area contributed by atoms with Gasteiger partial charge in [0.15, 0.2) is 11.9 Å². The summed E-state index contributed by atoms with van der Waals surface area (Å²) in [6.45, 7) is 4.29. The zero-order valence-corrected chi connectivity index (χ0v) is 16.9. The van der Waals surface area contributed by atoms with E-state index in [2.05, 4.69) is 10.6 Å². The Bertz CT molecular complexity index is 927. The molecule has 0 aliphatic carbocycles. The van der Waals surface area contributed by atoms with Gasteiger partial charge < -0.3 is 15.4 Å². The molecule has 0 aliphatic heterocycles. The molecule has 0 saturated heterocycles. The normalized spacial score (nSPS) is 12.4. The maximum atomic E-state index is 12.3. The van der Waals surface area contributed by atoms with Crippen LogP contribution in [0.15, 0.2) is 48.5 Å². The van der Waals surface area contributed by atoms with Crippen molar-refractivity contribution in [1.29, 1.82) is 0 Å². The van der Waals surface area contributed by atoms with Crippen molar-refractivity contribution in [3.05, 3.63) is 64.7 Å². The summed E-state index contributed by atoms with van der Waals surface area (Å²) < 4.78 is 5.13. The molecule has 7 nitrogen and oxygen atoms in total. The van der Waals surface area contributed by atoms with Crippen LogP contribution in [0, 0.1) is 0 Å². The van der Waals surface area contributed by atoms with Gasteiger partial charge in [0.2, 0.25) is 0 Å². The van der Waals surface area contributed by atoms with Crippen LogP contribution in [-0.2, 0) is 14.3 Å². The van der Waals surface area contributed by atoms with Crippen molar-refractivity contribution in [3.63, 3.8) is 0 Å². The minimum atomic E-state index is -1.10. The zero-order valence-electron chi connectivity index (χ0n) is 16.2. The van der Waals surface area contributed by atoms with Gasteiger partial charge in [-0.3, -0.25) is 14.4 Å². The van der Waals surface area contributed by atoms with Crippen LogP contribution in [0.1, 0.15) is 41.5 Å². The van der Waals surface area contributed by atoms with Crippen LogP contribution in [0.4, 0.5) is 5.69 Å². The largest absolute Gasteiger partial charge is 0.451 e. The molecule has 8 heteroatoms. The SMILES string of the molecule is CC(=O)c1cccc(NC(=O)[C@@H](C)OC(=O)[C@H](C)NC(=O)c2ccc(Cl)cc2)c1. The van der Waals surface area contributed by atoms with Gasteiger partial charge in [0.1, 0.15) is 6.04 Å². The Balaban J connectivity index is 1.90. The van der Waals surface area contributed by atoms with E-state index in [1.807, 2.05) is 0 Å². The first-order valence-corrected chi connectivity index (χ1v) is 9.24. The third-order valence-corrected chi connectivity index (χ3v) is 4.26. The van der Waals surface area contributed by atoms with E-state index < -0.39 is 29.9 Å². The number of ketones is 1. The number of anilines is 1. The molecule has 0 bridgehead atoms. The first-order chi connectivity index (χ1) is 13.7. The van der Waals surface area contributed by atoms with E-state index in [1.165, 1.54) is 39.0 Å². The summed E-state index contributed by atoms with van der Waals surface area (Å²) in [6.07, 6.45) is -1.10. The number of benzene rings is 2. The Kier molecular flexibility index (Phi) is 7.50. The van der Waals surface area contributed by atoms with Crippen molar-refractivity contribution in [2.45, 2.75) is 32.9 Å². The highest BCUT2D eigenvalue weighted by Crippen LogP contribution is 2.13. The monoisotopic (exact) mass is 416 g/mol. The van der Waals surface area contributed by atoms with Gasteiger partial charge in [-0.2, -0.15) is 0 Å². The Morgan fingerprint density at radius 2 is 1.62 bits per heavy atom. The summed E-state index contributed by atoms with van der Waals surface area (Å²) in [7, 11) is 0. The quantitative estimate of drug-likeness (QED) is 0.533. The fraction of sp³-hybridized carbons (Fsp3) is 0.238. The summed E-state index contributed by atoms with van der Waals surface area (Å²) in [5.41, 5.74) is 1.20. The fourth-order valence-corrected chi connectivity index (χ4v) is 2.46. The molecule has 0 saturated carbocycles. The number of Topliss-reactive ketones (excluding diaryl/α,β-unsaturated/α-hetero) is 1. The molecular formula is C21H21ClN2O5. The second-order valence-electron chi connectivity index (χ2n) is 6.41. The van der Waals surface area contributed by atoms with Crippen molar-refractivity contribution >= 4 is 40.9 Å². The number of halogens is 1. The van der Waals surface area contributed by atoms with Gasteiger partial charge in [-0.15, -0.1) is 0 Å². The number of rotatable bonds is 7. The smallest absolute Gasteiger partial charge is 0.329 e. The number of hydrogen-bond donors (Lipinski definition) is 2. The van der Waals surface area contributed by atoms with E-state index in [4.69, 9.17) is 16.3 Å². The van der Waals surface area contributed by atoms with Crippen molar-refractivity contribution < 1.29 is 23.9 Å². The Morgan fingerprint density at radius 1 is 0.966 bits per heavy atom. The number of nitrogens with one attached hydrogen (secondary N) is 2. The third kappa shape index (κ3) is 6.43. The van der Waals surface area contributed by atoms with E-state index >= 15 is 0 Å². The van der Waals surface area contributed by atoms with Gasteiger partial charge in [0.05, 0.1) is 0 Å². The lowest BCUT2D eigenvalue weighted by Crippen LogP contribution is -2.42. The second kappa shape index (κ2) is 9.84. The van der Waals surface area contributed by atoms with E-state index in [1.54, 1.807) is 30.3 Å². The Labute approximate surface area is 173 Å². The summed E-state index contributed by atoms with van der Waals surface area (Å²) in [6, 6.07) is 11.6. The molecular weight excluding hydrogens is 396 g/mol. The molecule has 152 valence electrons. The maximum Gasteiger partial charge on any atom is 0.329 e. The van der Waals surface area contributed by atoms with Crippen LogP contribution in [-0.4, -0.2) is 35.7 Å². The summed E-state index contributed by atoms with van der Waals surface area (Å²) in [4.78, 5) is 48.0. The highest BCUT2D eigenvalue weighted by atomic mass is 35.5. The molecule has 2 rings (SSSR count). The van der Waals surface area contributed by atoms with Crippen molar-refractivity contribution in [2.75, 3.05) is 5.32 Å².